The molecule has 4 rings (SSSR count). The van der Waals surface area contributed by atoms with Crippen LogP contribution in [0.5, 0.6) is 11.5 Å². The Hall–Kier alpha value is -2.57. The van der Waals surface area contributed by atoms with Crippen LogP contribution < -0.4 is 9.47 Å². The summed E-state index contributed by atoms with van der Waals surface area (Å²) in [6.45, 7) is 0.718. The average molecular weight is 484 g/mol. The number of carbonyl (C=O) groups is 1. The van der Waals surface area contributed by atoms with Gasteiger partial charge < -0.3 is 14.6 Å². The van der Waals surface area contributed by atoms with Gasteiger partial charge in [-0.15, -0.1) is 0 Å². The van der Waals surface area contributed by atoms with Gasteiger partial charge in [0, 0.05) is 4.47 Å². The quantitative estimate of drug-likeness (QED) is 0.490. The van der Waals surface area contributed by atoms with Crippen LogP contribution >= 0.6 is 15.9 Å². The molecular formula is C25H26BrNO4. The lowest BCUT2D eigenvalue weighted by molar-refractivity contribution is -0.145. The van der Waals surface area contributed by atoms with Gasteiger partial charge in [-0.1, -0.05) is 58.7 Å². The van der Waals surface area contributed by atoms with Gasteiger partial charge in [-0.2, -0.15) is 0 Å². The van der Waals surface area contributed by atoms with E-state index in [1.54, 1.807) is 14.2 Å². The van der Waals surface area contributed by atoms with Crippen molar-refractivity contribution in [3.8, 4) is 11.5 Å². The van der Waals surface area contributed by atoms with Gasteiger partial charge >= 0.3 is 5.97 Å². The summed E-state index contributed by atoms with van der Waals surface area (Å²) in [6, 6.07) is 17.7. The van der Waals surface area contributed by atoms with Gasteiger partial charge in [0.05, 0.1) is 20.3 Å². The van der Waals surface area contributed by atoms with E-state index in [1.807, 2.05) is 24.3 Å². The zero-order valence-electron chi connectivity index (χ0n) is 17.7. The van der Waals surface area contributed by atoms with Crippen LogP contribution in [0.3, 0.4) is 0 Å². The monoisotopic (exact) mass is 483 g/mol. The number of aliphatic carboxylic acids is 1. The van der Waals surface area contributed by atoms with E-state index in [-0.39, 0.29) is 6.04 Å². The maximum atomic E-state index is 12.2. The van der Waals surface area contributed by atoms with Crippen LogP contribution in [0, 0.1) is 0 Å². The number of carboxylic acid groups (broad SMARTS) is 1. The predicted molar refractivity (Wildman–Crippen MR) is 125 cm³/mol. The summed E-state index contributed by atoms with van der Waals surface area (Å²) in [5, 5.41) is 12.3. The van der Waals surface area contributed by atoms with Gasteiger partial charge in [-0.05, 0) is 59.5 Å². The molecule has 3 aromatic rings. The zero-order valence-corrected chi connectivity index (χ0v) is 19.3. The molecule has 2 unspecified atom stereocenters. The van der Waals surface area contributed by atoms with Crippen LogP contribution in [-0.2, 0) is 4.79 Å². The first kappa shape index (κ1) is 21.7. The number of hydrogen-bond acceptors (Lipinski definition) is 4. The lowest BCUT2D eigenvalue weighted by Crippen LogP contribution is -2.46. The molecule has 0 spiro atoms. The maximum absolute atomic E-state index is 12.2. The van der Waals surface area contributed by atoms with E-state index >= 15 is 0 Å². The Morgan fingerprint density at radius 2 is 1.74 bits per heavy atom. The van der Waals surface area contributed by atoms with Crippen LogP contribution in [0.1, 0.15) is 36.4 Å². The van der Waals surface area contributed by atoms with Gasteiger partial charge in [0.15, 0.2) is 11.5 Å². The summed E-state index contributed by atoms with van der Waals surface area (Å²) in [5.41, 5.74) is 2.01. The normalized spacial score (nSPS) is 18.0. The third kappa shape index (κ3) is 4.27. The first-order valence-corrected chi connectivity index (χ1v) is 11.2. The molecule has 1 heterocycles. The van der Waals surface area contributed by atoms with Crippen molar-refractivity contribution in [2.45, 2.75) is 31.3 Å². The standard InChI is InChI=1S/C25H26BrNO4/c1-30-22-14-19(20(26)15-23(22)31-2)24(27-12-6-5-9-21(27)25(28)29)18-11-10-16-7-3-4-8-17(16)13-18/h3-4,7-8,10-11,13-15,21,24H,5-6,9,12H2,1-2H3,(H,28,29). The third-order valence-corrected chi connectivity index (χ3v) is 6.73. The number of hydrogen-bond donors (Lipinski definition) is 1. The second-order valence-electron chi connectivity index (χ2n) is 7.83. The number of ether oxygens (including phenoxy) is 2. The van der Waals surface area contributed by atoms with E-state index < -0.39 is 12.0 Å². The van der Waals surface area contributed by atoms with E-state index in [9.17, 15) is 9.90 Å². The molecule has 0 bridgehead atoms. The molecule has 2 atom stereocenters. The van der Waals surface area contributed by atoms with Crippen LogP contribution in [0.15, 0.2) is 59.1 Å². The van der Waals surface area contributed by atoms with E-state index in [0.29, 0.717) is 17.9 Å². The van der Waals surface area contributed by atoms with Crippen molar-refractivity contribution in [2.75, 3.05) is 20.8 Å². The minimum Gasteiger partial charge on any atom is -0.493 e. The van der Waals surface area contributed by atoms with E-state index in [1.165, 1.54) is 0 Å². The third-order valence-electron chi connectivity index (χ3n) is 6.05. The fourth-order valence-electron chi connectivity index (χ4n) is 4.54. The average Bonchev–Trinajstić information content (AvgIpc) is 2.80. The summed E-state index contributed by atoms with van der Waals surface area (Å²) in [5.74, 6) is 0.473. The second kappa shape index (κ2) is 9.28. The number of carboxylic acids is 1. The number of halogens is 1. The van der Waals surface area contributed by atoms with E-state index in [2.05, 4.69) is 51.2 Å². The number of methoxy groups -OCH3 is 2. The molecule has 1 fully saturated rings. The fourth-order valence-corrected chi connectivity index (χ4v) is 5.07. The molecule has 1 saturated heterocycles. The SMILES string of the molecule is COc1cc(Br)c(C(c2ccc3ccccc3c2)N2CCCCC2C(=O)O)cc1OC. The summed E-state index contributed by atoms with van der Waals surface area (Å²) in [4.78, 5) is 14.3. The largest absolute Gasteiger partial charge is 0.493 e. The van der Waals surface area contributed by atoms with E-state index in [4.69, 9.17) is 9.47 Å². The number of piperidine rings is 1. The highest BCUT2D eigenvalue weighted by atomic mass is 79.9. The number of likely N-dealkylation sites (tertiary alicyclic amines) is 1. The topological polar surface area (TPSA) is 59.0 Å². The molecule has 162 valence electrons. The molecule has 6 heteroatoms. The van der Waals surface area contributed by atoms with Crippen LogP contribution in [0.25, 0.3) is 10.8 Å². The van der Waals surface area contributed by atoms with E-state index in [0.717, 1.165) is 45.8 Å². The highest BCUT2D eigenvalue weighted by molar-refractivity contribution is 9.10. The van der Waals surface area contributed by atoms with Crippen molar-refractivity contribution >= 4 is 32.7 Å². The van der Waals surface area contributed by atoms with Crippen LogP contribution in [0.4, 0.5) is 0 Å². The Bertz CT molecular complexity index is 1100. The molecule has 0 amide bonds. The molecule has 0 saturated carbocycles. The van der Waals surface area contributed by atoms with Gasteiger partial charge in [-0.25, -0.2) is 0 Å². The van der Waals surface area contributed by atoms with Crippen LogP contribution in [-0.4, -0.2) is 42.8 Å². The highest BCUT2D eigenvalue weighted by Crippen LogP contribution is 2.42. The minimum absolute atomic E-state index is 0.236. The Labute approximate surface area is 190 Å². The van der Waals surface area contributed by atoms with Gasteiger partial charge in [0.1, 0.15) is 6.04 Å². The maximum Gasteiger partial charge on any atom is 0.320 e. The number of rotatable bonds is 6. The summed E-state index contributed by atoms with van der Waals surface area (Å²) >= 11 is 3.71. The molecule has 31 heavy (non-hydrogen) atoms. The Kier molecular flexibility index (Phi) is 6.49. The first-order chi connectivity index (χ1) is 15.0. The number of nitrogens with zero attached hydrogens (tertiary/aromatic N) is 1. The van der Waals surface area contributed by atoms with Gasteiger partial charge in [0.2, 0.25) is 0 Å². The molecule has 1 N–H and O–H groups in total. The van der Waals surface area contributed by atoms with Gasteiger partial charge in [0.25, 0.3) is 0 Å². The first-order valence-electron chi connectivity index (χ1n) is 10.4. The molecular weight excluding hydrogens is 458 g/mol. The van der Waals surface area contributed by atoms with Crippen molar-refractivity contribution in [2.24, 2.45) is 0 Å². The molecule has 1 aliphatic heterocycles. The number of fused-ring (bicyclic) bond motifs is 1. The highest BCUT2D eigenvalue weighted by Gasteiger charge is 2.36. The summed E-state index contributed by atoms with van der Waals surface area (Å²) < 4.78 is 11.9. The van der Waals surface area contributed by atoms with Crippen LogP contribution in [0.2, 0.25) is 0 Å². The number of benzene rings is 3. The van der Waals surface area contributed by atoms with Crippen molar-refractivity contribution in [1.29, 1.82) is 0 Å². The molecule has 3 aromatic carbocycles. The van der Waals surface area contributed by atoms with Crippen molar-refractivity contribution in [3.05, 3.63) is 70.2 Å². The molecule has 0 aromatic heterocycles. The van der Waals surface area contributed by atoms with Crippen molar-refractivity contribution in [3.63, 3.8) is 0 Å². The molecule has 0 aliphatic carbocycles. The second-order valence-corrected chi connectivity index (χ2v) is 8.68. The Balaban J connectivity index is 1.91. The molecule has 0 radical (unpaired) electrons. The Morgan fingerprint density at radius 3 is 2.45 bits per heavy atom. The summed E-state index contributed by atoms with van der Waals surface area (Å²) in [7, 11) is 3.22. The van der Waals surface area contributed by atoms with Crippen molar-refractivity contribution in [1.82, 2.24) is 4.90 Å². The predicted octanol–water partition coefficient (Wildman–Crippen LogP) is 5.65. The van der Waals surface area contributed by atoms with Crippen molar-refractivity contribution < 1.29 is 19.4 Å². The Morgan fingerprint density at radius 1 is 1.03 bits per heavy atom. The fraction of sp³-hybridized carbons (Fsp3) is 0.320. The minimum atomic E-state index is -0.776. The van der Waals surface area contributed by atoms with Gasteiger partial charge in [-0.3, -0.25) is 9.69 Å². The lowest BCUT2D eigenvalue weighted by atomic mass is 9.90. The molecule has 5 nitrogen and oxygen atoms in total. The zero-order chi connectivity index (χ0) is 22.0. The lowest BCUT2D eigenvalue weighted by Gasteiger charge is -2.40. The summed E-state index contributed by atoms with van der Waals surface area (Å²) in [6.07, 6.45) is 2.54. The smallest absolute Gasteiger partial charge is 0.320 e. The molecule has 1 aliphatic rings.